The Labute approximate surface area is 122 Å². The second-order valence-electron chi connectivity index (χ2n) is 5.34. The van der Waals surface area contributed by atoms with Crippen molar-refractivity contribution in [1.82, 2.24) is 4.90 Å². The minimum atomic E-state index is 0.912. The molecule has 0 saturated carbocycles. The molecule has 1 aromatic rings. The fraction of sp³-hybridized carbons (Fsp3) is 0.333. The molecular formula is C18H23NO. The van der Waals surface area contributed by atoms with Crippen molar-refractivity contribution in [3.05, 3.63) is 65.3 Å². The van der Waals surface area contributed by atoms with Crippen LogP contribution in [0.25, 0.3) is 0 Å². The molecule has 2 heteroatoms. The van der Waals surface area contributed by atoms with E-state index >= 15 is 0 Å². The van der Waals surface area contributed by atoms with Gasteiger partial charge in [0, 0.05) is 19.6 Å². The highest BCUT2D eigenvalue weighted by Crippen LogP contribution is 2.25. The van der Waals surface area contributed by atoms with Crippen LogP contribution in [0.3, 0.4) is 0 Å². The van der Waals surface area contributed by atoms with Crippen LogP contribution < -0.4 is 4.74 Å². The second-order valence-corrected chi connectivity index (χ2v) is 5.34. The van der Waals surface area contributed by atoms with Crippen molar-refractivity contribution >= 4 is 0 Å². The zero-order chi connectivity index (χ0) is 14.5. The molecule has 0 aliphatic carbocycles. The van der Waals surface area contributed by atoms with Gasteiger partial charge in [0.2, 0.25) is 0 Å². The molecule has 0 fully saturated rings. The Morgan fingerprint density at radius 2 is 2.00 bits per heavy atom. The molecule has 2 rings (SSSR count). The number of methoxy groups -OCH3 is 1. The Kier molecular flexibility index (Phi) is 4.80. The summed E-state index contributed by atoms with van der Waals surface area (Å²) in [6.07, 6.45) is 3.96. The normalized spacial score (nSPS) is 16.6. The number of hydrogen-bond donors (Lipinski definition) is 0. The predicted molar refractivity (Wildman–Crippen MR) is 84.9 cm³/mol. The van der Waals surface area contributed by atoms with Gasteiger partial charge in [-0.15, -0.1) is 0 Å². The van der Waals surface area contributed by atoms with E-state index < -0.39 is 0 Å². The smallest absolute Gasteiger partial charge is 0.118 e. The molecular weight excluding hydrogens is 246 g/mol. The maximum atomic E-state index is 5.19. The van der Waals surface area contributed by atoms with Crippen LogP contribution in [0.5, 0.6) is 5.75 Å². The van der Waals surface area contributed by atoms with Crippen LogP contribution in [0.15, 0.2) is 59.7 Å². The number of allylic oxidation sites excluding steroid dienone is 2. The molecule has 106 valence electrons. The number of benzene rings is 1. The van der Waals surface area contributed by atoms with Gasteiger partial charge < -0.3 is 4.74 Å². The third-order valence-electron chi connectivity index (χ3n) is 3.77. The fourth-order valence-corrected chi connectivity index (χ4v) is 2.68. The van der Waals surface area contributed by atoms with Crippen LogP contribution in [-0.4, -0.2) is 25.1 Å². The molecule has 0 saturated heterocycles. The minimum absolute atomic E-state index is 0.912. The first-order chi connectivity index (χ1) is 9.63. The minimum Gasteiger partial charge on any atom is -0.497 e. The Morgan fingerprint density at radius 1 is 1.30 bits per heavy atom. The third-order valence-corrected chi connectivity index (χ3v) is 3.77. The number of nitrogens with zero attached hydrogens (tertiary/aromatic N) is 1. The third kappa shape index (κ3) is 3.40. The molecule has 0 unspecified atom stereocenters. The molecule has 0 N–H and O–H groups in total. The van der Waals surface area contributed by atoms with Gasteiger partial charge in [0.15, 0.2) is 0 Å². The molecule has 1 aliphatic rings. The number of rotatable bonds is 5. The Bertz CT molecular complexity index is 537. The van der Waals surface area contributed by atoms with Crippen molar-refractivity contribution in [3.8, 4) is 5.75 Å². The van der Waals surface area contributed by atoms with Crippen LogP contribution >= 0.6 is 0 Å². The molecule has 1 aliphatic heterocycles. The van der Waals surface area contributed by atoms with Crippen molar-refractivity contribution in [2.45, 2.75) is 20.4 Å². The highest BCUT2D eigenvalue weighted by molar-refractivity contribution is 5.40. The predicted octanol–water partition coefficient (Wildman–Crippen LogP) is 3.96. The van der Waals surface area contributed by atoms with Crippen LogP contribution in [0.2, 0.25) is 0 Å². The van der Waals surface area contributed by atoms with Crippen LogP contribution in [0.4, 0.5) is 0 Å². The second kappa shape index (κ2) is 6.58. The molecule has 2 nitrogen and oxygen atoms in total. The first kappa shape index (κ1) is 14.6. The van der Waals surface area contributed by atoms with Gasteiger partial charge >= 0.3 is 0 Å². The molecule has 1 heterocycles. The highest BCUT2D eigenvalue weighted by atomic mass is 16.5. The van der Waals surface area contributed by atoms with E-state index in [4.69, 9.17) is 4.74 Å². The standard InChI is InChI=1S/C18H23NO/c1-5-6-14(2)18-13-19(11-15(18)3)12-16-7-9-17(20-4)10-8-16/h5-10H,1,11-13H2,2-4H3/b14-6-. The lowest BCUT2D eigenvalue weighted by Gasteiger charge is -2.16. The topological polar surface area (TPSA) is 12.5 Å². The monoisotopic (exact) mass is 269 g/mol. The molecule has 0 amide bonds. The Morgan fingerprint density at radius 3 is 2.60 bits per heavy atom. The lowest BCUT2D eigenvalue weighted by Crippen LogP contribution is -2.20. The van der Waals surface area contributed by atoms with E-state index in [0.29, 0.717) is 0 Å². The van der Waals surface area contributed by atoms with Gasteiger partial charge in [-0.2, -0.15) is 0 Å². The quantitative estimate of drug-likeness (QED) is 0.750. The molecule has 0 aromatic heterocycles. The van der Waals surface area contributed by atoms with Gasteiger partial charge in [-0.3, -0.25) is 4.90 Å². The van der Waals surface area contributed by atoms with Crippen molar-refractivity contribution in [1.29, 1.82) is 0 Å². The van der Waals surface area contributed by atoms with Gasteiger partial charge in [-0.05, 0) is 42.7 Å². The van der Waals surface area contributed by atoms with Crippen molar-refractivity contribution < 1.29 is 4.74 Å². The first-order valence-corrected chi connectivity index (χ1v) is 6.97. The van der Waals surface area contributed by atoms with E-state index in [1.54, 1.807) is 7.11 Å². The van der Waals surface area contributed by atoms with Gasteiger partial charge in [-0.1, -0.05) is 36.4 Å². The van der Waals surface area contributed by atoms with Crippen molar-refractivity contribution in [2.75, 3.05) is 20.2 Å². The summed E-state index contributed by atoms with van der Waals surface area (Å²) < 4.78 is 5.19. The van der Waals surface area contributed by atoms with Crippen molar-refractivity contribution in [2.24, 2.45) is 0 Å². The fourth-order valence-electron chi connectivity index (χ4n) is 2.68. The summed E-state index contributed by atoms with van der Waals surface area (Å²) >= 11 is 0. The highest BCUT2D eigenvalue weighted by Gasteiger charge is 2.19. The lowest BCUT2D eigenvalue weighted by molar-refractivity contribution is 0.337. The van der Waals surface area contributed by atoms with Gasteiger partial charge in [0.05, 0.1) is 7.11 Å². The van der Waals surface area contributed by atoms with E-state index in [1.165, 1.54) is 22.3 Å². The SMILES string of the molecule is C=C/C=C(/C)C1=C(C)CN(Cc2ccc(OC)cc2)C1. The van der Waals surface area contributed by atoms with E-state index in [2.05, 4.69) is 43.5 Å². The summed E-state index contributed by atoms with van der Waals surface area (Å²) in [4.78, 5) is 2.47. The van der Waals surface area contributed by atoms with Gasteiger partial charge in [0.1, 0.15) is 5.75 Å². The van der Waals surface area contributed by atoms with Crippen LogP contribution in [0, 0.1) is 0 Å². The van der Waals surface area contributed by atoms with Crippen LogP contribution in [-0.2, 0) is 6.54 Å². The van der Waals surface area contributed by atoms with E-state index in [0.717, 1.165) is 25.4 Å². The van der Waals surface area contributed by atoms with Crippen molar-refractivity contribution in [3.63, 3.8) is 0 Å². The molecule has 0 bridgehead atoms. The van der Waals surface area contributed by atoms with Gasteiger partial charge in [0.25, 0.3) is 0 Å². The zero-order valence-corrected chi connectivity index (χ0v) is 12.6. The van der Waals surface area contributed by atoms with E-state index in [1.807, 2.05) is 18.2 Å². The summed E-state index contributed by atoms with van der Waals surface area (Å²) in [5.41, 5.74) is 5.58. The number of hydrogen-bond acceptors (Lipinski definition) is 2. The molecule has 0 radical (unpaired) electrons. The lowest BCUT2D eigenvalue weighted by atomic mass is 10.0. The Hall–Kier alpha value is -1.80. The first-order valence-electron chi connectivity index (χ1n) is 6.97. The van der Waals surface area contributed by atoms with Crippen LogP contribution in [0.1, 0.15) is 19.4 Å². The number of ether oxygens (including phenoxy) is 1. The zero-order valence-electron chi connectivity index (χ0n) is 12.6. The molecule has 0 spiro atoms. The summed E-state index contributed by atoms with van der Waals surface area (Å²) in [7, 11) is 1.70. The summed E-state index contributed by atoms with van der Waals surface area (Å²) in [6.45, 7) is 11.2. The molecule has 20 heavy (non-hydrogen) atoms. The molecule has 1 aromatic carbocycles. The van der Waals surface area contributed by atoms with Gasteiger partial charge in [-0.25, -0.2) is 0 Å². The summed E-state index contributed by atoms with van der Waals surface area (Å²) in [5.74, 6) is 0.912. The van der Waals surface area contributed by atoms with E-state index in [9.17, 15) is 0 Å². The maximum Gasteiger partial charge on any atom is 0.118 e. The largest absolute Gasteiger partial charge is 0.497 e. The maximum absolute atomic E-state index is 5.19. The van der Waals surface area contributed by atoms with E-state index in [-0.39, 0.29) is 0 Å². The molecule has 0 atom stereocenters. The Balaban J connectivity index is 2.00. The summed E-state index contributed by atoms with van der Waals surface area (Å²) in [6, 6.07) is 8.32. The summed E-state index contributed by atoms with van der Waals surface area (Å²) in [5, 5.41) is 0. The average molecular weight is 269 g/mol. The average Bonchev–Trinajstić information content (AvgIpc) is 2.81.